The van der Waals surface area contributed by atoms with E-state index in [-0.39, 0.29) is 17.8 Å². The highest BCUT2D eigenvalue weighted by atomic mass is 16.2. The molecule has 3 aromatic heterocycles. The van der Waals surface area contributed by atoms with Crippen LogP contribution in [0.5, 0.6) is 0 Å². The lowest BCUT2D eigenvalue weighted by Crippen LogP contribution is -2.41. The third-order valence-corrected chi connectivity index (χ3v) is 4.70. The molecule has 25 heavy (non-hydrogen) atoms. The average molecular weight is 339 g/mol. The van der Waals surface area contributed by atoms with Crippen molar-refractivity contribution in [1.82, 2.24) is 34.3 Å². The van der Waals surface area contributed by atoms with Gasteiger partial charge in [0.05, 0.1) is 11.7 Å². The Morgan fingerprint density at radius 3 is 2.76 bits per heavy atom. The van der Waals surface area contributed by atoms with E-state index >= 15 is 0 Å². The minimum absolute atomic E-state index is 0.142. The summed E-state index contributed by atoms with van der Waals surface area (Å²) < 4.78 is 3.65. The summed E-state index contributed by atoms with van der Waals surface area (Å²) in [6, 6.07) is 4.11. The van der Waals surface area contributed by atoms with Crippen LogP contribution in [0.25, 0.3) is 5.78 Å². The van der Waals surface area contributed by atoms with Gasteiger partial charge in [-0.3, -0.25) is 9.48 Å². The molecule has 0 saturated carbocycles. The fraction of sp³-hybridized carbons (Fsp3) is 0.471. The second-order valence-electron chi connectivity index (χ2n) is 6.65. The molecule has 1 saturated heterocycles. The van der Waals surface area contributed by atoms with Crippen LogP contribution in [0.15, 0.2) is 18.3 Å². The van der Waals surface area contributed by atoms with Gasteiger partial charge in [0, 0.05) is 30.7 Å². The summed E-state index contributed by atoms with van der Waals surface area (Å²) in [5, 5.41) is 8.92. The van der Waals surface area contributed by atoms with Gasteiger partial charge in [0.2, 0.25) is 5.82 Å². The van der Waals surface area contributed by atoms with Crippen molar-refractivity contribution >= 4 is 11.7 Å². The highest BCUT2D eigenvalue weighted by Gasteiger charge is 2.29. The van der Waals surface area contributed by atoms with E-state index < -0.39 is 0 Å². The smallest absolute Gasteiger partial charge is 0.293 e. The maximum Gasteiger partial charge on any atom is 0.293 e. The molecule has 8 heteroatoms. The molecule has 0 N–H and O–H groups in total. The van der Waals surface area contributed by atoms with E-state index in [0.717, 1.165) is 36.5 Å². The highest BCUT2D eigenvalue weighted by Crippen LogP contribution is 2.23. The molecule has 1 fully saturated rings. The quantitative estimate of drug-likeness (QED) is 0.710. The van der Waals surface area contributed by atoms with E-state index in [9.17, 15) is 4.79 Å². The molecule has 130 valence electrons. The Balaban J connectivity index is 1.58. The second kappa shape index (κ2) is 5.94. The average Bonchev–Trinajstić information content (AvgIpc) is 3.18. The van der Waals surface area contributed by atoms with Crippen LogP contribution in [-0.2, 0) is 0 Å². The lowest BCUT2D eigenvalue weighted by Gasteiger charge is -2.32. The molecule has 1 amide bonds. The van der Waals surface area contributed by atoms with Crippen LogP contribution in [-0.4, -0.2) is 53.3 Å². The maximum absolute atomic E-state index is 12.9. The van der Waals surface area contributed by atoms with Crippen molar-refractivity contribution < 1.29 is 4.79 Å². The van der Waals surface area contributed by atoms with Gasteiger partial charge >= 0.3 is 0 Å². The van der Waals surface area contributed by atoms with Gasteiger partial charge in [0.15, 0.2) is 0 Å². The second-order valence-corrected chi connectivity index (χ2v) is 6.65. The molecular formula is C17H21N7O. The van der Waals surface area contributed by atoms with Crippen LogP contribution < -0.4 is 0 Å². The highest BCUT2D eigenvalue weighted by molar-refractivity contribution is 5.91. The van der Waals surface area contributed by atoms with E-state index in [4.69, 9.17) is 0 Å². The van der Waals surface area contributed by atoms with Crippen molar-refractivity contribution in [2.45, 2.75) is 39.7 Å². The minimum atomic E-state index is -0.142. The zero-order chi connectivity index (χ0) is 17.6. The summed E-state index contributed by atoms with van der Waals surface area (Å²) in [7, 11) is 0. The van der Waals surface area contributed by atoms with E-state index in [1.807, 2.05) is 29.5 Å². The van der Waals surface area contributed by atoms with Crippen LogP contribution in [0, 0.1) is 20.8 Å². The first kappa shape index (κ1) is 15.7. The molecule has 0 spiro atoms. The van der Waals surface area contributed by atoms with Gasteiger partial charge in [-0.1, -0.05) is 0 Å². The molecule has 1 aliphatic heterocycles. The minimum Gasteiger partial charge on any atom is -0.334 e. The molecule has 4 heterocycles. The normalized spacial score (nSPS) is 18.0. The number of carbonyl (C=O) groups excluding carboxylic acids is 1. The van der Waals surface area contributed by atoms with Crippen molar-refractivity contribution in [3.05, 3.63) is 41.2 Å². The number of piperidine rings is 1. The summed E-state index contributed by atoms with van der Waals surface area (Å²) in [4.78, 5) is 23.2. The largest absolute Gasteiger partial charge is 0.334 e. The fourth-order valence-corrected chi connectivity index (χ4v) is 3.49. The lowest BCUT2D eigenvalue weighted by molar-refractivity contribution is 0.0659. The Morgan fingerprint density at radius 1 is 1.20 bits per heavy atom. The van der Waals surface area contributed by atoms with Crippen molar-refractivity contribution in [3.8, 4) is 0 Å². The Labute approximate surface area is 145 Å². The zero-order valence-corrected chi connectivity index (χ0v) is 14.7. The van der Waals surface area contributed by atoms with Crippen LogP contribution >= 0.6 is 0 Å². The Kier molecular flexibility index (Phi) is 3.74. The molecule has 1 atom stereocenters. The van der Waals surface area contributed by atoms with Crippen molar-refractivity contribution in [1.29, 1.82) is 0 Å². The topological polar surface area (TPSA) is 81.2 Å². The Hall–Kier alpha value is -2.77. The number of aromatic nitrogens is 6. The zero-order valence-electron chi connectivity index (χ0n) is 14.7. The fourth-order valence-electron chi connectivity index (χ4n) is 3.49. The molecule has 8 nitrogen and oxygen atoms in total. The van der Waals surface area contributed by atoms with Gasteiger partial charge in [0.25, 0.3) is 11.7 Å². The lowest BCUT2D eigenvalue weighted by atomic mass is 10.1. The molecule has 1 aliphatic rings. The molecule has 0 aromatic carbocycles. The van der Waals surface area contributed by atoms with E-state index in [0.29, 0.717) is 12.3 Å². The predicted molar refractivity (Wildman–Crippen MR) is 91.4 cm³/mol. The number of amides is 1. The molecule has 0 radical (unpaired) electrons. The number of hydrogen-bond acceptors (Lipinski definition) is 5. The third kappa shape index (κ3) is 2.77. The summed E-state index contributed by atoms with van der Waals surface area (Å²) in [5.74, 6) is 0.516. The first-order valence-corrected chi connectivity index (χ1v) is 8.53. The summed E-state index contributed by atoms with van der Waals surface area (Å²) in [5.41, 5.74) is 3.03. The molecule has 0 bridgehead atoms. The summed E-state index contributed by atoms with van der Waals surface area (Å²) in [6.45, 7) is 7.31. The van der Waals surface area contributed by atoms with Gasteiger partial charge in [-0.05, 0) is 45.7 Å². The first-order valence-electron chi connectivity index (χ1n) is 8.53. The van der Waals surface area contributed by atoms with Gasteiger partial charge in [-0.25, -0.2) is 9.50 Å². The van der Waals surface area contributed by atoms with Crippen molar-refractivity contribution in [2.75, 3.05) is 13.1 Å². The van der Waals surface area contributed by atoms with Gasteiger partial charge in [0.1, 0.15) is 0 Å². The molecule has 3 aromatic rings. The number of carbonyl (C=O) groups is 1. The monoisotopic (exact) mass is 339 g/mol. The number of hydrogen-bond donors (Lipinski definition) is 0. The number of fused-ring (bicyclic) bond motifs is 1. The maximum atomic E-state index is 12.9. The van der Waals surface area contributed by atoms with E-state index in [1.165, 1.54) is 0 Å². The SMILES string of the molecule is Cc1cc(C)n(C2CCCN(C(=O)c3nc4nccc(C)n4n3)C2)n1. The van der Waals surface area contributed by atoms with Crippen LogP contribution in [0.3, 0.4) is 0 Å². The van der Waals surface area contributed by atoms with Crippen LogP contribution in [0.2, 0.25) is 0 Å². The van der Waals surface area contributed by atoms with Crippen molar-refractivity contribution in [3.63, 3.8) is 0 Å². The molecule has 1 unspecified atom stereocenters. The predicted octanol–water partition coefficient (Wildman–Crippen LogP) is 1.72. The summed E-state index contributed by atoms with van der Waals surface area (Å²) in [6.07, 6.45) is 3.64. The van der Waals surface area contributed by atoms with Crippen LogP contribution in [0.1, 0.15) is 46.6 Å². The first-order chi connectivity index (χ1) is 12.0. The number of likely N-dealkylation sites (tertiary alicyclic amines) is 1. The van der Waals surface area contributed by atoms with E-state index in [1.54, 1.807) is 10.7 Å². The third-order valence-electron chi connectivity index (χ3n) is 4.70. The van der Waals surface area contributed by atoms with Crippen molar-refractivity contribution in [2.24, 2.45) is 0 Å². The molecule has 4 rings (SSSR count). The van der Waals surface area contributed by atoms with E-state index in [2.05, 4.69) is 33.2 Å². The molecule has 0 aliphatic carbocycles. The van der Waals surface area contributed by atoms with Crippen LogP contribution in [0.4, 0.5) is 0 Å². The Morgan fingerprint density at radius 2 is 2.04 bits per heavy atom. The van der Waals surface area contributed by atoms with Gasteiger partial charge in [-0.2, -0.15) is 10.1 Å². The number of nitrogens with zero attached hydrogens (tertiary/aromatic N) is 7. The Bertz CT molecular complexity index is 942. The standard InChI is InChI=1S/C17H21N7O/c1-11-9-13(3)23(20-11)14-5-4-8-22(10-14)16(25)15-19-17-18-7-6-12(2)24(17)21-15/h6-7,9,14H,4-5,8,10H2,1-3H3. The van der Waals surface area contributed by atoms with Gasteiger partial charge < -0.3 is 4.90 Å². The molecular weight excluding hydrogens is 318 g/mol. The summed E-state index contributed by atoms with van der Waals surface area (Å²) >= 11 is 0. The van der Waals surface area contributed by atoms with Gasteiger partial charge in [-0.15, -0.1) is 5.10 Å². The number of aryl methyl sites for hydroxylation is 3. The number of rotatable bonds is 2.